The molecule has 0 fully saturated rings. The van der Waals surface area contributed by atoms with Crippen LogP contribution in [0.15, 0.2) is 66.3 Å². The summed E-state index contributed by atoms with van der Waals surface area (Å²) in [4.78, 5) is 232. The van der Waals surface area contributed by atoms with Crippen LogP contribution in [0.4, 0.5) is 5.69 Å². The SMILES string of the molecule is O=C(O)CN(CC(=O)O)C(CCCCNC(=O)CCC(NC(=O)CCc1cccc(C2=[N+]C=CS2)c1C=C1C=CN(CCC(=O)NC(CCC(=O)NCCCCC(C(=O)O)N(CC(=O)O)CC(=O)O)C(=O)NCCCCC(C(=O)O)N(CC(=O)O)CC(=O)O)c2ccccc21)C(=O)NCCCCC(C(=O)O)N(CC(=O)O)CC(=O)O)C(=O)O.[I-]. The number of nitrogens with zero attached hydrogens (tertiary/aromatic N) is 6. The summed E-state index contributed by atoms with van der Waals surface area (Å²) in [5.41, 5.74) is 3.92. The van der Waals surface area contributed by atoms with Crippen molar-refractivity contribution in [1.82, 2.24) is 56.5 Å². The maximum absolute atomic E-state index is 14.2. The van der Waals surface area contributed by atoms with E-state index in [0.29, 0.717) is 38.6 Å². The molecule has 1 radical (unpaired) electrons. The lowest BCUT2D eigenvalue weighted by molar-refractivity contribution is -0.152. The van der Waals surface area contributed by atoms with Crippen molar-refractivity contribution in [3.63, 3.8) is 0 Å². The molecule has 44 heteroatoms. The van der Waals surface area contributed by atoms with E-state index in [4.69, 9.17) is 0 Å². The first-order valence-corrected chi connectivity index (χ1v) is 38.4. The maximum Gasteiger partial charge on any atom is 0.323 e. The van der Waals surface area contributed by atoms with Gasteiger partial charge in [0, 0.05) is 75.9 Å². The zero-order chi connectivity index (χ0) is 87.6. The fourth-order valence-electron chi connectivity index (χ4n) is 12.9. The molecule has 0 saturated heterocycles. The van der Waals surface area contributed by atoms with E-state index in [1.807, 2.05) is 18.2 Å². The van der Waals surface area contributed by atoms with Crippen LogP contribution >= 0.6 is 11.8 Å². The number of fused-ring (bicyclic) bond motifs is 1. The second-order valence-corrected chi connectivity index (χ2v) is 28.3. The number of aliphatic imine (C=N–C) groups is 1. The van der Waals surface area contributed by atoms with Gasteiger partial charge in [0.25, 0.3) is 6.20 Å². The van der Waals surface area contributed by atoms with Crippen LogP contribution in [0.2, 0.25) is 0 Å². The van der Waals surface area contributed by atoms with Crippen molar-refractivity contribution in [2.75, 3.05) is 90.0 Å². The highest BCUT2D eigenvalue weighted by atomic mass is 127. The Kier molecular flexibility index (Phi) is 45.9. The number of halogens is 1. The predicted octanol–water partition coefficient (Wildman–Crippen LogP) is -3.44. The number of benzene rings is 2. The van der Waals surface area contributed by atoms with Crippen LogP contribution in [-0.2, 0) is 92.7 Å². The number of rotatable bonds is 62. The summed E-state index contributed by atoms with van der Waals surface area (Å²) in [6, 6.07) is 3.86. The summed E-state index contributed by atoms with van der Waals surface area (Å²) in [6.07, 6.45) is 5.43. The number of allylic oxidation sites excluding steroid dienone is 2. The molecule has 0 aliphatic carbocycles. The third-order valence-corrected chi connectivity index (χ3v) is 19.2. The summed E-state index contributed by atoms with van der Waals surface area (Å²) < 4.78 is 0. The number of carbonyl (C=O) groups excluding carboxylic acids is 6. The molecule has 6 atom stereocenters. The van der Waals surface area contributed by atoms with Gasteiger partial charge in [0.1, 0.15) is 36.3 Å². The molecule has 2 aromatic rings. The van der Waals surface area contributed by atoms with Gasteiger partial charge < -0.3 is 122 Å². The number of carboxylic acids is 12. The number of aryl methyl sites for hydroxylation is 1. The highest BCUT2D eigenvalue weighted by molar-refractivity contribution is 8.17. The molecule has 18 N–H and O–H groups in total. The van der Waals surface area contributed by atoms with Crippen molar-refractivity contribution >= 4 is 141 Å². The van der Waals surface area contributed by atoms with E-state index >= 15 is 0 Å². The summed E-state index contributed by atoms with van der Waals surface area (Å²) in [6.45, 7) is -7.25. The molecule has 0 spiro atoms. The lowest BCUT2D eigenvalue weighted by atomic mass is 9.92. The normalized spacial score (nSPS) is 13.9. The highest BCUT2D eigenvalue weighted by Crippen LogP contribution is 2.36. The monoisotopic (exact) mass is 1810 g/mol. The van der Waals surface area contributed by atoms with Gasteiger partial charge in [-0.25, -0.2) is 0 Å². The molecule has 6 unspecified atom stereocenters. The number of amides is 6. The first-order valence-electron chi connectivity index (χ1n) is 37.5. The molecule has 0 aromatic heterocycles. The van der Waals surface area contributed by atoms with Crippen molar-refractivity contribution < 1.29 is 172 Å². The molecule has 2 aromatic carbocycles. The van der Waals surface area contributed by atoms with Crippen LogP contribution in [0.5, 0.6) is 0 Å². The fraction of sp³-hybridized carbons (Fsp3) is 0.507. The Morgan fingerprint density at radius 2 is 0.756 bits per heavy atom. The third kappa shape index (κ3) is 38.6. The third-order valence-electron chi connectivity index (χ3n) is 18.4. The van der Waals surface area contributed by atoms with Crippen LogP contribution in [0.1, 0.15) is 138 Å². The highest BCUT2D eigenvalue weighted by Gasteiger charge is 2.35. The lowest BCUT2D eigenvalue weighted by Crippen LogP contribution is -3.00. The van der Waals surface area contributed by atoms with E-state index in [1.165, 1.54) is 11.8 Å². The number of thioether (sulfide) groups is 1. The van der Waals surface area contributed by atoms with Gasteiger partial charge in [0.2, 0.25) is 35.4 Å². The zero-order valence-corrected chi connectivity index (χ0v) is 67.7. The van der Waals surface area contributed by atoms with Crippen molar-refractivity contribution in [1.29, 1.82) is 0 Å². The first-order chi connectivity index (χ1) is 55.9. The Morgan fingerprint density at radius 3 is 1.11 bits per heavy atom. The molecule has 0 saturated carbocycles. The minimum absolute atomic E-state index is 0. The molecular weight excluding hydrogens is 1710 g/mol. The summed E-state index contributed by atoms with van der Waals surface area (Å²) in [7, 11) is 0. The molecule has 4 rings (SSSR count). The number of unbranched alkanes of at least 4 members (excludes halogenated alkanes) is 4. The molecular formula is C75H100IN12O30S. The van der Waals surface area contributed by atoms with E-state index in [2.05, 4.69) is 36.9 Å². The van der Waals surface area contributed by atoms with E-state index in [9.17, 15) is 148 Å². The molecule has 119 heavy (non-hydrogen) atoms. The smallest absolute Gasteiger partial charge is 0.323 e. The van der Waals surface area contributed by atoms with Gasteiger partial charge in [-0.15, -0.1) is 0 Å². The maximum atomic E-state index is 14.2. The molecule has 653 valence electrons. The van der Waals surface area contributed by atoms with Gasteiger partial charge >= 0.3 is 76.7 Å². The predicted molar refractivity (Wildman–Crippen MR) is 416 cm³/mol. The van der Waals surface area contributed by atoms with E-state index in [0.717, 1.165) is 19.6 Å². The van der Waals surface area contributed by atoms with Gasteiger partial charge in [0.05, 0.1) is 68.3 Å². The van der Waals surface area contributed by atoms with Crippen molar-refractivity contribution in [3.05, 3.63) is 88.6 Å². The summed E-state index contributed by atoms with van der Waals surface area (Å²) in [5.74, 6) is -21.5. The molecule has 0 bridgehead atoms. The average molecular weight is 1810 g/mol. The van der Waals surface area contributed by atoms with Gasteiger partial charge in [-0.2, -0.15) is 0 Å². The number of anilines is 1. The number of nitrogens with one attached hydrogen (secondary N) is 6. The Balaban J connectivity index is 0.0000366. The van der Waals surface area contributed by atoms with Gasteiger partial charge in [0.15, 0.2) is 0 Å². The van der Waals surface area contributed by atoms with Crippen molar-refractivity contribution in [3.8, 4) is 0 Å². The number of para-hydroxylation sites is 1. The Hall–Kier alpha value is -11.5. The largest absolute Gasteiger partial charge is 1.00 e. The molecule has 2 heterocycles. The van der Waals surface area contributed by atoms with Crippen LogP contribution in [0.3, 0.4) is 0 Å². The van der Waals surface area contributed by atoms with E-state index in [-0.39, 0.29) is 179 Å². The lowest BCUT2D eigenvalue weighted by Gasteiger charge is -2.28. The topological polar surface area (TPSA) is 653 Å². The zero-order valence-electron chi connectivity index (χ0n) is 64.7. The Morgan fingerprint density at radius 1 is 0.403 bits per heavy atom. The van der Waals surface area contributed by atoms with Crippen molar-refractivity contribution in [2.45, 2.75) is 158 Å². The first kappa shape index (κ1) is 102. The second-order valence-electron chi connectivity index (χ2n) is 27.4. The van der Waals surface area contributed by atoms with E-state index < -0.39 is 196 Å². The minimum atomic E-state index is -1.52. The standard InChI is InChI=1S/C75H100N12O30S.HI/c88-57(76-28-7-3-16-53(72(110)111)84(37-61(92)93)38-62(94)95)24-21-50(69(108)78-30-9-5-18-55(74(114)115)86(41-65(100)101)42-66(102)103)81-59(90)23-20-45-12-11-14-48(71-80-32-35-118-71)49(45)36-46-26-33-83(52-15-2-1-13-47(46)52)34-27-60(91)82-51(70(109)79-31-10-6-19-56(75(116)117)87(43-67(104)105)44-68(106)107)22-25-58(89)77-29-8-4-17-54(73(112)113)85(39-63(96)97)40-64(98)99;/h1-2,11-15,26,32-33,35-36,50-51,53-56H,3-10,16-25,27-31,34,37-44H2,(H,76,88)(H,77,89)(H,78,108)(H,79,109)(H,81,90)(H,82,91)(H,92,93)(H,94,95)(H,96,97)(H,98,99)(H,100,101)(H,102,103)(H,104,105)(H,106,107)(H,110,111)(H,112,113)(H,114,115)(H,116,117);1H/q+1;/p-1. The fourth-order valence-corrected chi connectivity index (χ4v) is 13.6. The van der Waals surface area contributed by atoms with Crippen LogP contribution in [-0.4, -0.2) is 314 Å². The quantitative estimate of drug-likeness (QED) is 0.0226. The summed E-state index contributed by atoms with van der Waals surface area (Å²) in [5, 5.41) is 132. The number of carboxylic acid groups (broad SMARTS) is 12. The van der Waals surface area contributed by atoms with Crippen LogP contribution in [0, 0.1) is 0 Å². The number of aliphatic carboxylic acids is 12. The second kappa shape index (κ2) is 53.8. The van der Waals surface area contributed by atoms with Crippen LogP contribution in [0.25, 0.3) is 11.6 Å². The Bertz CT molecular complexity index is 4000. The minimum Gasteiger partial charge on any atom is -1.00 e. The molecule has 2 aliphatic heterocycles. The molecule has 42 nitrogen and oxygen atoms in total. The Labute approximate surface area is 702 Å². The average Bonchev–Trinajstić information content (AvgIpc) is 1.55. The molecule has 6 amide bonds. The van der Waals surface area contributed by atoms with Gasteiger partial charge in [-0.05, 0) is 149 Å². The number of carbonyl (C=O) groups is 18. The molecule has 2 aliphatic rings. The van der Waals surface area contributed by atoms with Gasteiger partial charge in [-0.3, -0.25) is 106 Å². The van der Waals surface area contributed by atoms with E-state index in [1.54, 1.807) is 59.1 Å². The summed E-state index contributed by atoms with van der Waals surface area (Å²) >= 11 is 1.33. The van der Waals surface area contributed by atoms with Crippen molar-refractivity contribution in [2.24, 2.45) is 0 Å². The van der Waals surface area contributed by atoms with Gasteiger partial charge in [-0.1, -0.05) is 30.3 Å². The number of hydrogen-bond acceptors (Lipinski definition) is 25. The number of hydrogen-bond donors (Lipinski definition) is 18. The van der Waals surface area contributed by atoms with Crippen LogP contribution < -0.4 is 65.8 Å².